The minimum Gasteiger partial charge on any atom is -0.458 e. The van der Waals surface area contributed by atoms with Gasteiger partial charge < -0.3 is 9.64 Å². The minimum atomic E-state index is -0.238. The first-order chi connectivity index (χ1) is 16.2. The number of allylic oxidation sites excluding steroid dienone is 2. The van der Waals surface area contributed by atoms with Gasteiger partial charge >= 0.3 is 0 Å². The van der Waals surface area contributed by atoms with Gasteiger partial charge in [-0.15, -0.1) is 0 Å². The number of rotatable bonds is 4. The largest absolute Gasteiger partial charge is 0.458 e. The van der Waals surface area contributed by atoms with Crippen LogP contribution in [0.15, 0.2) is 119 Å². The van der Waals surface area contributed by atoms with Gasteiger partial charge in [0.25, 0.3) is 0 Å². The van der Waals surface area contributed by atoms with Gasteiger partial charge in [0, 0.05) is 43.3 Å². The van der Waals surface area contributed by atoms with Crippen LogP contribution in [0.3, 0.4) is 0 Å². The number of hydrogen-bond acceptors (Lipinski definition) is 4. The summed E-state index contributed by atoms with van der Waals surface area (Å²) in [5.74, 6) is 1.70. The number of nitrogens with zero attached hydrogens (tertiary/aromatic N) is 3. The van der Waals surface area contributed by atoms with Crippen LogP contribution < -0.4 is 9.64 Å². The van der Waals surface area contributed by atoms with E-state index >= 15 is 0 Å². The summed E-state index contributed by atoms with van der Waals surface area (Å²) in [6.45, 7) is 3.16. The molecule has 1 aromatic heterocycles. The number of aromatic nitrogens is 1. The van der Waals surface area contributed by atoms with Gasteiger partial charge in [-0.05, 0) is 72.0 Å². The van der Waals surface area contributed by atoms with Crippen molar-refractivity contribution in [1.29, 1.82) is 0 Å². The molecular weight excluding hydrogens is 406 g/mol. The summed E-state index contributed by atoms with van der Waals surface area (Å²) in [5, 5.41) is 0. The van der Waals surface area contributed by atoms with Crippen LogP contribution in [0.25, 0.3) is 11.1 Å². The van der Waals surface area contributed by atoms with E-state index in [1.54, 1.807) is 6.20 Å². The monoisotopic (exact) mass is 431 g/mol. The van der Waals surface area contributed by atoms with Crippen molar-refractivity contribution in [3.05, 3.63) is 114 Å². The second kappa shape index (κ2) is 7.89. The molecule has 0 N–H and O–H groups in total. The SMILES string of the molecule is CC1=C2CCN(c3ccc(-c4cccnc4)cc3)C23CC=C(Oc2ccccc2)C=C3N=C1. The third kappa shape index (κ3) is 3.30. The molecule has 0 saturated carbocycles. The maximum Gasteiger partial charge on any atom is 0.127 e. The van der Waals surface area contributed by atoms with Crippen molar-refractivity contribution in [3.63, 3.8) is 0 Å². The van der Waals surface area contributed by atoms with Crippen LogP contribution in [0.4, 0.5) is 5.69 Å². The number of aliphatic imine (C=N–C) groups is 1. The summed E-state index contributed by atoms with van der Waals surface area (Å²) in [6.07, 6.45) is 11.9. The molecule has 1 spiro atoms. The molecule has 0 bridgehead atoms. The van der Waals surface area contributed by atoms with Crippen molar-refractivity contribution < 1.29 is 4.74 Å². The molecule has 1 unspecified atom stereocenters. The zero-order valence-electron chi connectivity index (χ0n) is 18.6. The van der Waals surface area contributed by atoms with Crippen LogP contribution in [0.2, 0.25) is 0 Å². The van der Waals surface area contributed by atoms with E-state index in [1.807, 2.05) is 48.8 Å². The number of pyridine rings is 1. The van der Waals surface area contributed by atoms with Crippen molar-refractivity contribution in [3.8, 4) is 16.9 Å². The summed E-state index contributed by atoms with van der Waals surface area (Å²) < 4.78 is 6.15. The number of hydrogen-bond donors (Lipinski definition) is 0. The Morgan fingerprint density at radius 2 is 1.79 bits per heavy atom. The second-order valence-corrected chi connectivity index (χ2v) is 8.73. The van der Waals surface area contributed by atoms with Gasteiger partial charge in [0.05, 0.1) is 5.70 Å². The van der Waals surface area contributed by atoms with Crippen molar-refractivity contribution >= 4 is 11.9 Å². The molecule has 2 aromatic carbocycles. The number of anilines is 1. The molecule has 1 fully saturated rings. The molecule has 33 heavy (non-hydrogen) atoms. The van der Waals surface area contributed by atoms with E-state index in [1.165, 1.54) is 22.4 Å². The van der Waals surface area contributed by atoms with E-state index in [0.717, 1.165) is 42.2 Å². The lowest BCUT2D eigenvalue weighted by atomic mass is 9.77. The quantitative estimate of drug-likeness (QED) is 0.483. The van der Waals surface area contributed by atoms with Crippen LogP contribution in [-0.2, 0) is 0 Å². The van der Waals surface area contributed by atoms with Crippen LogP contribution >= 0.6 is 0 Å². The van der Waals surface area contributed by atoms with E-state index in [2.05, 4.69) is 59.3 Å². The molecule has 1 saturated heterocycles. The lowest BCUT2D eigenvalue weighted by Gasteiger charge is -2.44. The zero-order chi connectivity index (χ0) is 22.3. The van der Waals surface area contributed by atoms with Gasteiger partial charge in [-0.1, -0.05) is 36.4 Å². The fourth-order valence-corrected chi connectivity index (χ4v) is 5.30. The van der Waals surface area contributed by atoms with Crippen molar-refractivity contribution in [2.24, 2.45) is 4.99 Å². The van der Waals surface area contributed by atoms with E-state index in [-0.39, 0.29) is 5.54 Å². The number of benzene rings is 2. The molecule has 1 atom stereocenters. The minimum absolute atomic E-state index is 0.238. The molecule has 6 rings (SSSR count). The Kier molecular flexibility index (Phi) is 4.72. The fraction of sp³-hybridized carbons (Fsp3) is 0.172. The highest BCUT2D eigenvalue weighted by atomic mass is 16.5. The Morgan fingerprint density at radius 1 is 0.939 bits per heavy atom. The summed E-state index contributed by atoms with van der Waals surface area (Å²) in [4.78, 5) is 11.7. The first-order valence-electron chi connectivity index (χ1n) is 11.4. The van der Waals surface area contributed by atoms with Crippen molar-refractivity contribution in [1.82, 2.24) is 4.98 Å². The molecule has 2 aliphatic heterocycles. The summed E-state index contributed by atoms with van der Waals surface area (Å²) in [6, 6.07) is 22.8. The van der Waals surface area contributed by atoms with E-state index < -0.39 is 0 Å². The molecule has 162 valence electrons. The highest BCUT2D eigenvalue weighted by molar-refractivity contribution is 5.86. The van der Waals surface area contributed by atoms with Gasteiger partial charge in [-0.2, -0.15) is 0 Å². The van der Waals surface area contributed by atoms with Gasteiger partial charge in [0.2, 0.25) is 0 Å². The Bertz CT molecular complexity index is 1300. The first kappa shape index (κ1) is 19.7. The second-order valence-electron chi connectivity index (χ2n) is 8.73. The Labute approximate surface area is 194 Å². The molecule has 3 heterocycles. The van der Waals surface area contributed by atoms with Gasteiger partial charge in [-0.25, -0.2) is 0 Å². The molecule has 4 nitrogen and oxygen atoms in total. The highest BCUT2D eigenvalue weighted by Crippen LogP contribution is 2.51. The molecule has 0 radical (unpaired) electrons. The Hall–Kier alpha value is -3.92. The number of dihydropyridines is 1. The summed E-state index contributed by atoms with van der Waals surface area (Å²) >= 11 is 0. The highest BCUT2D eigenvalue weighted by Gasteiger charge is 2.50. The van der Waals surface area contributed by atoms with Crippen LogP contribution in [0.1, 0.15) is 19.8 Å². The number of ether oxygens (including phenoxy) is 1. The van der Waals surface area contributed by atoms with Crippen molar-refractivity contribution in [2.45, 2.75) is 25.3 Å². The maximum atomic E-state index is 6.15. The summed E-state index contributed by atoms with van der Waals surface area (Å²) in [5.41, 5.74) is 7.09. The fourth-order valence-electron chi connectivity index (χ4n) is 5.30. The lowest BCUT2D eigenvalue weighted by Crippen LogP contribution is -2.48. The third-order valence-corrected chi connectivity index (χ3v) is 6.87. The third-order valence-electron chi connectivity index (χ3n) is 6.87. The van der Waals surface area contributed by atoms with Crippen LogP contribution in [-0.4, -0.2) is 23.3 Å². The van der Waals surface area contributed by atoms with Gasteiger partial charge in [-0.3, -0.25) is 9.98 Å². The van der Waals surface area contributed by atoms with Crippen molar-refractivity contribution in [2.75, 3.05) is 11.4 Å². The van der Waals surface area contributed by atoms with Crippen LogP contribution in [0, 0.1) is 0 Å². The molecule has 3 aliphatic rings. The predicted molar refractivity (Wildman–Crippen MR) is 133 cm³/mol. The zero-order valence-corrected chi connectivity index (χ0v) is 18.6. The molecule has 4 heteroatoms. The van der Waals surface area contributed by atoms with E-state index in [4.69, 9.17) is 9.73 Å². The van der Waals surface area contributed by atoms with E-state index in [9.17, 15) is 0 Å². The maximum absolute atomic E-state index is 6.15. The van der Waals surface area contributed by atoms with Gasteiger partial charge in [0.15, 0.2) is 0 Å². The topological polar surface area (TPSA) is 37.7 Å². The molecule has 1 aliphatic carbocycles. The predicted octanol–water partition coefficient (Wildman–Crippen LogP) is 6.35. The lowest BCUT2D eigenvalue weighted by molar-refractivity contribution is 0.425. The Balaban J connectivity index is 1.35. The van der Waals surface area contributed by atoms with Crippen LogP contribution in [0.5, 0.6) is 5.75 Å². The average Bonchev–Trinajstić information content (AvgIpc) is 3.26. The molecule has 3 aromatic rings. The van der Waals surface area contributed by atoms with Gasteiger partial charge in [0.1, 0.15) is 17.0 Å². The average molecular weight is 432 g/mol. The number of para-hydroxylation sites is 1. The molecule has 0 amide bonds. The smallest absolute Gasteiger partial charge is 0.127 e. The molecular formula is C29H25N3O. The first-order valence-corrected chi connectivity index (χ1v) is 11.4. The van der Waals surface area contributed by atoms with E-state index in [0.29, 0.717) is 0 Å². The normalized spacial score (nSPS) is 21.3. The standard InChI is InChI=1S/C29H25N3O/c1-21-19-31-28-18-26(33-25-7-3-2-4-8-25)13-15-29(28)27(21)14-17-32(29)24-11-9-22(10-12-24)23-6-5-16-30-20-23/h2-13,16,18-20H,14-15,17H2,1H3. The Morgan fingerprint density at radius 3 is 2.58 bits per heavy atom. The summed E-state index contributed by atoms with van der Waals surface area (Å²) in [7, 11) is 0.